The smallest absolute Gasteiger partial charge is 0.197 e. The second-order valence-corrected chi connectivity index (χ2v) is 7.73. The number of fused-ring (bicyclic) bond motifs is 1. The van der Waals surface area contributed by atoms with Gasteiger partial charge in [0.15, 0.2) is 23.7 Å². The van der Waals surface area contributed by atoms with E-state index in [1.54, 1.807) is 7.11 Å². The molecule has 2 aliphatic heterocycles. The largest absolute Gasteiger partial charge is 0.496 e. The molecule has 0 spiro atoms. The highest BCUT2D eigenvalue weighted by atomic mass is 16.7. The Bertz CT molecular complexity index is 853. The Kier molecular flexibility index (Phi) is 4.96. The minimum atomic E-state index is -0.715. The van der Waals surface area contributed by atoms with Crippen molar-refractivity contribution in [2.45, 2.75) is 58.3 Å². The zero-order valence-electron chi connectivity index (χ0n) is 17.7. The highest BCUT2D eigenvalue weighted by Gasteiger charge is 2.73. The van der Waals surface area contributed by atoms with Crippen molar-refractivity contribution in [3.8, 4) is 5.75 Å². The SMILES string of the molecule is CCOC1(OCC)C2c3c(OC)cccc3C([n+]3ccccc32)C1(CC)CC. The van der Waals surface area contributed by atoms with E-state index in [1.807, 2.05) is 0 Å². The van der Waals surface area contributed by atoms with Gasteiger partial charge in [-0.25, -0.2) is 0 Å². The topological polar surface area (TPSA) is 31.6 Å². The number of hydrogen-bond acceptors (Lipinski definition) is 3. The van der Waals surface area contributed by atoms with E-state index in [-0.39, 0.29) is 17.4 Å². The van der Waals surface area contributed by atoms with Crippen molar-refractivity contribution in [2.24, 2.45) is 5.41 Å². The Hall–Kier alpha value is -1.91. The minimum Gasteiger partial charge on any atom is -0.496 e. The van der Waals surface area contributed by atoms with Crippen molar-refractivity contribution in [1.29, 1.82) is 0 Å². The van der Waals surface area contributed by atoms with E-state index in [9.17, 15) is 0 Å². The zero-order valence-corrected chi connectivity index (χ0v) is 17.7. The maximum Gasteiger partial charge on any atom is 0.197 e. The number of benzene rings is 1. The van der Waals surface area contributed by atoms with Gasteiger partial charge in [0.25, 0.3) is 0 Å². The molecule has 28 heavy (non-hydrogen) atoms. The van der Waals surface area contributed by atoms with Crippen LogP contribution < -0.4 is 9.30 Å². The van der Waals surface area contributed by atoms with Crippen molar-refractivity contribution in [1.82, 2.24) is 0 Å². The molecular formula is C24H32NO3+. The van der Waals surface area contributed by atoms with Crippen LogP contribution in [-0.4, -0.2) is 26.1 Å². The molecule has 5 rings (SSSR count). The summed E-state index contributed by atoms with van der Waals surface area (Å²) in [4.78, 5) is 0. The molecule has 2 unspecified atom stereocenters. The standard InChI is InChI=1S/C24H32NO3/c1-6-23(7-2)22-17-13-12-15-19(26-5)20(17)21(18-14-10-11-16-25(18)22)24(23,27-8-3)28-9-4/h10-16,21-22H,6-9H2,1-5H3/q+1. The van der Waals surface area contributed by atoms with Gasteiger partial charge >= 0.3 is 0 Å². The van der Waals surface area contributed by atoms with E-state index in [1.165, 1.54) is 16.8 Å². The number of rotatable bonds is 7. The molecule has 1 aliphatic carbocycles. The van der Waals surface area contributed by atoms with Crippen LogP contribution in [0, 0.1) is 5.41 Å². The predicted octanol–water partition coefficient (Wildman–Crippen LogP) is 4.61. The van der Waals surface area contributed by atoms with Gasteiger partial charge in [0.1, 0.15) is 11.7 Å². The van der Waals surface area contributed by atoms with Gasteiger partial charge in [0.05, 0.1) is 12.5 Å². The molecule has 1 aromatic carbocycles. The van der Waals surface area contributed by atoms with Crippen LogP contribution in [0.5, 0.6) is 5.75 Å². The van der Waals surface area contributed by atoms with E-state index >= 15 is 0 Å². The Morgan fingerprint density at radius 1 is 0.929 bits per heavy atom. The van der Waals surface area contributed by atoms with Gasteiger partial charge in [0.2, 0.25) is 0 Å². The third-order valence-corrected chi connectivity index (χ3v) is 6.98. The summed E-state index contributed by atoms with van der Waals surface area (Å²) < 4.78 is 21.6. The average molecular weight is 383 g/mol. The zero-order chi connectivity index (χ0) is 19.9. The van der Waals surface area contributed by atoms with Gasteiger partial charge in [-0.3, -0.25) is 0 Å². The summed E-state index contributed by atoms with van der Waals surface area (Å²) in [6.45, 7) is 9.92. The van der Waals surface area contributed by atoms with Crippen LogP contribution in [0.3, 0.4) is 0 Å². The first-order valence-electron chi connectivity index (χ1n) is 10.6. The summed E-state index contributed by atoms with van der Waals surface area (Å²) in [5, 5.41) is 0. The molecule has 2 aromatic rings. The summed E-state index contributed by atoms with van der Waals surface area (Å²) in [5.74, 6) is 0.171. The third kappa shape index (κ3) is 2.22. The lowest BCUT2D eigenvalue weighted by atomic mass is 9.53. The van der Waals surface area contributed by atoms with Crippen molar-refractivity contribution in [3.05, 3.63) is 59.4 Å². The van der Waals surface area contributed by atoms with Crippen LogP contribution in [0.2, 0.25) is 0 Å². The Balaban J connectivity index is 2.14. The fourth-order valence-electron chi connectivity index (χ4n) is 6.01. The maximum absolute atomic E-state index is 6.66. The molecule has 2 atom stereocenters. The second kappa shape index (κ2) is 7.16. The highest BCUT2D eigenvalue weighted by Crippen LogP contribution is 2.66. The molecular weight excluding hydrogens is 350 g/mol. The van der Waals surface area contributed by atoms with Gasteiger partial charge in [-0.1, -0.05) is 32.0 Å². The van der Waals surface area contributed by atoms with E-state index in [0.29, 0.717) is 13.2 Å². The van der Waals surface area contributed by atoms with Crippen molar-refractivity contribution in [2.75, 3.05) is 20.3 Å². The Morgan fingerprint density at radius 2 is 1.64 bits per heavy atom. The summed E-state index contributed by atoms with van der Waals surface area (Å²) in [6.07, 6.45) is 4.17. The van der Waals surface area contributed by atoms with E-state index in [4.69, 9.17) is 14.2 Å². The number of ether oxygens (including phenoxy) is 3. The van der Waals surface area contributed by atoms with Crippen LogP contribution in [-0.2, 0) is 9.47 Å². The van der Waals surface area contributed by atoms with Gasteiger partial charge in [-0.2, -0.15) is 4.57 Å². The molecule has 3 heterocycles. The second-order valence-electron chi connectivity index (χ2n) is 7.73. The van der Waals surface area contributed by atoms with Crippen LogP contribution in [0.25, 0.3) is 0 Å². The molecule has 0 radical (unpaired) electrons. The molecule has 150 valence electrons. The lowest BCUT2D eigenvalue weighted by molar-refractivity contribution is -0.757. The van der Waals surface area contributed by atoms with Gasteiger partial charge < -0.3 is 14.2 Å². The average Bonchev–Trinajstić information content (AvgIpc) is 2.73. The van der Waals surface area contributed by atoms with Crippen LogP contribution in [0.1, 0.15) is 69.3 Å². The third-order valence-electron chi connectivity index (χ3n) is 6.98. The fourth-order valence-corrected chi connectivity index (χ4v) is 6.01. The van der Waals surface area contributed by atoms with E-state index < -0.39 is 5.79 Å². The molecule has 2 bridgehead atoms. The number of pyridine rings is 1. The minimum absolute atomic E-state index is 0.0374. The first-order valence-corrected chi connectivity index (χ1v) is 10.6. The molecule has 4 heteroatoms. The van der Waals surface area contributed by atoms with Gasteiger partial charge in [-0.05, 0) is 32.8 Å². The number of hydrogen-bond donors (Lipinski definition) is 0. The molecule has 3 aliphatic rings. The van der Waals surface area contributed by atoms with Gasteiger partial charge in [0, 0.05) is 36.5 Å². The molecule has 0 saturated carbocycles. The number of aromatic nitrogens is 1. The first-order chi connectivity index (χ1) is 13.7. The van der Waals surface area contributed by atoms with Crippen molar-refractivity contribution in [3.63, 3.8) is 0 Å². The van der Waals surface area contributed by atoms with Crippen molar-refractivity contribution >= 4 is 0 Å². The summed E-state index contributed by atoms with van der Waals surface area (Å²) in [6, 6.07) is 13.0. The van der Waals surface area contributed by atoms with Gasteiger partial charge in [-0.15, -0.1) is 0 Å². The molecule has 1 aromatic heterocycles. The number of methoxy groups -OCH3 is 1. The Morgan fingerprint density at radius 3 is 2.25 bits per heavy atom. The first kappa shape index (κ1) is 19.4. The maximum atomic E-state index is 6.66. The van der Waals surface area contributed by atoms with E-state index in [0.717, 1.165) is 18.6 Å². The molecule has 0 N–H and O–H groups in total. The monoisotopic (exact) mass is 382 g/mol. The molecule has 0 fully saturated rings. The molecule has 0 amide bonds. The van der Waals surface area contributed by atoms with Crippen molar-refractivity contribution < 1.29 is 18.8 Å². The van der Waals surface area contributed by atoms with Crippen LogP contribution in [0.15, 0.2) is 42.6 Å². The predicted molar refractivity (Wildman–Crippen MR) is 109 cm³/mol. The van der Waals surface area contributed by atoms with E-state index in [2.05, 4.69) is 74.9 Å². The number of nitrogens with zero attached hydrogens (tertiary/aromatic N) is 1. The van der Waals surface area contributed by atoms with Crippen LogP contribution in [0.4, 0.5) is 0 Å². The van der Waals surface area contributed by atoms with Crippen LogP contribution >= 0.6 is 0 Å². The normalized spacial score (nSPS) is 23.2. The summed E-state index contributed by atoms with van der Waals surface area (Å²) >= 11 is 0. The highest BCUT2D eigenvalue weighted by molar-refractivity contribution is 5.53. The molecule has 4 nitrogen and oxygen atoms in total. The Labute approximate surface area is 168 Å². The lowest BCUT2D eigenvalue weighted by Crippen LogP contribution is -2.73. The summed E-state index contributed by atoms with van der Waals surface area (Å²) in [5.41, 5.74) is 3.64. The summed E-state index contributed by atoms with van der Waals surface area (Å²) in [7, 11) is 1.76. The quantitative estimate of drug-likeness (QED) is 0.518. The lowest BCUT2D eigenvalue weighted by Gasteiger charge is -2.59. The fraction of sp³-hybridized carbons (Fsp3) is 0.542. The molecule has 0 saturated heterocycles.